The summed E-state index contributed by atoms with van der Waals surface area (Å²) in [6.45, 7) is 0.781. The van der Waals surface area contributed by atoms with Gasteiger partial charge in [-0.3, -0.25) is 14.9 Å². The fourth-order valence-electron chi connectivity index (χ4n) is 2.49. The minimum absolute atomic E-state index is 0.159. The maximum atomic E-state index is 14.1. The van der Waals surface area contributed by atoms with Gasteiger partial charge in [0, 0.05) is 43.5 Å². The largest absolute Gasteiger partial charge is 0.380 e. The zero-order valence-corrected chi connectivity index (χ0v) is 14.9. The molecule has 0 fully saturated rings. The van der Waals surface area contributed by atoms with Gasteiger partial charge < -0.3 is 15.5 Å². The first-order valence-corrected chi connectivity index (χ1v) is 7.98. The van der Waals surface area contributed by atoms with Crippen molar-refractivity contribution in [2.75, 3.05) is 26.5 Å². The van der Waals surface area contributed by atoms with Crippen LogP contribution in [0.4, 0.5) is 15.8 Å². The van der Waals surface area contributed by atoms with Crippen LogP contribution in [0.15, 0.2) is 36.4 Å². The monoisotopic (exact) mass is 360 g/mol. The van der Waals surface area contributed by atoms with E-state index in [9.17, 15) is 19.3 Å². The highest BCUT2D eigenvalue weighted by Crippen LogP contribution is 2.23. The molecule has 8 heteroatoms. The van der Waals surface area contributed by atoms with E-state index in [0.717, 1.165) is 0 Å². The first kappa shape index (κ1) is 19.3. The van der Waals surface area contributed by atoms with Gasteiger partial charge in [-0.05, 0) is 31.8 Å². The molecule has 7 nitrogen and oxygen atoms in total. The van der Waals surface area contributed by atoms with Gasteiger partial charge in [-0.2, -0.15) is 0 Å². The number of non-ortho nitro benzene ring substituents is 1. The Morgan fingerprint density at radius 1 is 1.23 bits per heavy atom. The lowest BCUT2D eigenvalue weighted by Gasteiger charge is -2.13. The average Bonchev–Trinajstić information content (AvgIpc) is 2.60. The zero-order valence-electron chi connectivity index (χ0n) is 14.9. The Morgan fingerprint density at radius 2 is 1.96 bits per heavy atom. The topological polar surface area (TPSA) is 87.5 Å². The van der Waals surface area contributed by atoms with E-state index < -0.39 is 10.8 Å². The number of amides is 1. The number of carbonyl (C=O) groups is 1. The van der Waals surface area contributed by atoms with Crippen molar-refractivity contribution < 1.29 is 14.1 Å². The summed E-state index contributed by atoms with van der Waals surface area (Å²) in [5, 5.41) is 16.4. The minimum atomic E-state index is -0.560. The van der Waals surface area contributed by atoms with Gasteiger partial charge >= 0.3 is 0 Å². The Morgan fingerprint density at radius 3 is 2.54 bits per heavy atom. The third kappa shape index (κ3) is 4.76. The van der Waals surface area contributed by atoms with Gasteiger partial charge in [0.15, 0.2) is 0 Å². The minimum Gasteiger partial charge on any atom is -0.380 e. The predicted molar refractivity (Wildman–Crippen MR) is 97.6 cm³/mol. The number of halogens is 1. The number of hydrogen-bond acceptors (Lipinski definition) is 5. The van der Waals surface area contributed by atoms with Gasteiger partial charge in [-0.1, -0.05) is 12.1 Å². The summed E-state index contributed by atoms with van der Waals surface area (Å²) < 4.78 is 14.1. The number of nitrogens with zero attached hydrogens (tertiary/aromatic N) is 2. The van der Waals surface area contributed by atoms with E-state index in [2.05, 4.69) is 10.6 Å². The first-order chi connectivity index (χ1) is 12.3. The summed E-state index contributed by atoms with van der Waals surface area (Å²) in [7, 11) is 5.18. The molecule has 0 aromatic heterocycles. The standard InChI is InChI=1S/C18H21FN4O3/c1-20-18(24)15-9-14(23(25)26)6-7-17(15)21-10-12-4-5-13(11-22(2)3)16(19)8-12/h4-9,21H,10-11H2,1-3H3,(H,20,24). The number of nitro groups is 1. The number of benzene rings is 2. The highest BCUT2D eigenvalue weighted by atomic mass is 19.1. The van der Waals surface area contributed by atoms with Gasteiger partial charge in [-0.25, -0.2) is 4.39 Å². The lowest BCUT2D eigenvalue weighted by atomic mass is 10.1. The molecule has 1 amide bonds. The fraction of sp³-hybridized carbons (Fsp3) is 0.278. The SMILES string of the molecule is CNC(=O)c1cc([N+](=O)[O-])ccc1NCc1ccc(CN(C)C)c(F)c1. The Balaban J connectivity index is 2.19. The van der Waals surface area contributed by atoms with Crippen LogP contribution in [-0.4, -0.2) is 36.9 Å². The molecule has 0 heterocycles. The third-order valence-corrected chi connectivity index (χ3v) is 3.77. The van der Waals surface area contributed by atoms with Crippen molar-refractivity contribution in [3.05, 3.63) is 69.0 Å². The Kier molecular flexibility index (Phi) is 6.24. The van der Waals surface area contributed by atoms with Gasteiger partial charge in [-0.15, -0.1) is 0 Å². The van der Waals surface area contributed by atoms with E-state index in [1.165, 1.54) is 31.3 Å². The Hall–Kier alpha value is -3.00. The van der Waals surface area contributed by atoms with Crippen LogP contribution in [0.25, 0.3) is 0 Å². The average molecular weight is 360 g/mol. The maximum absolute atomic E-state index is 14.1. The lowest BCUT2D eigenvalue weighted by Crippen LogP contribution is -2.20. The Labute approximate surface area is 151 Å². The van der Waals surface area contributed by atoms with Crippen LogP contribution >= 0.6 is 0 Å². The molecule has 0 spiro atoms. The van der Waals surface area contributed by atoms with E-state index in [4.69, 9.17) is 0 Å². The zero-order chi connectivity index (χ0) is 19.3. The summed E-state index contributed by atoms with van der Waals surface area (Å²) in [5.74, 6) is -0.739. The predicted octanol–water partition coefficient (Wildman–Crippen LogP) is 2.77. The van der Waals surface area contributed by atoms with Gasteiger partial charge in [0.05, 0.1) is 10.5 Å². The van der Waals surface area contributed by atoms with Crippen molar-refractivity contribution in [1.29, 1.82) is 0 Å². The Bertz CT molecular complexity index is 824. The second-order valence-corrected chi connectivity index (χ2v) is 6.08. The molecule has 0 saturated carbocycles. The van der Waals surface area contributed by atoms with E-state index in [0.29, 0.717) is 23.4 Å². The van der Waals surface area contributed by atoms with Crippen molar-refractivity contribution in [2.45, 2.75) is 13.1 Å². The van der Waals surface area contributed by atoms with Crippen molar-refractivity contribution in [1.82, 2.24) is 10.2 Å². The summed E-state index contributed by atoms with van der Waals surface area (Å²) >= 11 is 0. The number of carbonyl (C=O) groups excluding carboxylic acids is 1. The molecule has 0 unspecified atom stereocenters. The highest BCUT2D eigenvalue weighted by Gasteiger charge is 2.16. The molecule has 0 atom stereocenters. The van der Waals surface area contributed by atoms with Crippen molar-refractivity contribution in [3.8, 4) is 0 Å². The molecule has 2 aromatic carbocycles. The molecule has 0 bridgehead atoms. The molecule has 0 aliphatic heterocycles. The van der Waals surface area contributed by atoms with E-state index in [1.54, 1.807) is 12.1 Å². The van der Waals surface area contributed by atoms with Crippen molar-refractivity contribution >= 4 is 17.3 Å². The van der Waals surface area contributed by atoms with Crippen LogP contribution in [0, 0.1) is 15.9 Å². The van der Waals surface area contributed by atoms with Crippen LogP contribution in [0.5, 0.6) is 0 Å². The molecule has 138 valence electrons. The summed E-state index contributed by atoms with van der Waals surface area (Å²) in [4.78, 5) is 24.2. The van der Waals surface area contributed by atoms with Crippen molar-refractivity contribution in [3.63, 3.8) is 0 Å². The second kappa shape index (κ2) is 8.39. The van der Waals surface area contributed by atoms with Crippen LogP contribution in [0.3, 0.4) is 0 Å². The van der Waals surface area contributed by atoms with E-state index in [-0.39, 0.29) is 23.6 Å². The lowest BCUT2D eigenvalue weighted by molar-refractivity contribution is -0.384. The molecule has 0 radical (unpaired) electrons. The van der Waals surface area contributed by atoms with Crippen LogP contribution < -0.4 is 10.6 Å². The molecule has 26 heavy (non-hydrogen) atoms. The molecular weight excluding hydrogens is 339 g/mol. The van der Waals surface area contributed by atoms with Crippen LogP contribution in [-0.2, 0) is 13.1 Å². The smallest absolute Gasteiger partial charge is 0.270 e. The summed E-state index contributed by atoms with van der Waals surface area (Å²) in [6, 6.07) is 8.97. The van der Waals surface area contributed by atoms with Crippen LogP contribution in [0.1, 0.15) is 21.5 Å². The molecule has 0 saturated heterocycles. The molecule has 0 aliphatic carbocycles. The molecule has 0 aliphatic rings. The van der Waals surface area contributed by atoms with E-state index >= 15 is 0 Å². The van der Waals surface area contributed by atoms with E-state index in [1.807, 2.05) is 19.0 Å². The van der Waals surface area contributed by atoms with Gasteiger partial charge in [0.1, 0.15) is 5.82 Å². The molecule has 2 N–H and O–H groups in total. The number of nitrogens with one attached hydrogen (secondary N) is 2. The third-order valence-electron chi connectivity index (χ3n) is 3.77. The molecule has 2 aromatic rings. The normalized spacial score (nSPS) is 10.7. The fourth-order valence-corrected chi connectivity index (χ4v) is 2.49. The number of hydrogen-bond donors (Lipinski definition) is 2. The van der Waals surface area contributed by atoms with Gasteiger partial charge in [0.2, 0.25) is 0 Å². The highest BCUT2D eigenvalue weighted by molar-refractivity contribution is 6.00. The summed E-state index contributed by atoms with van der Waals surface area (Å²) in [6.07, 6.45) is 0. The van der Waals surface area contributed by atoms with Crippen LogP contribution in [0.2, 0.25) is 0 Å². The molecular formula is C18H21FN4O3. The quantitative estimate of drug-likeness (QED) is 0.586. The molecule has 2 rings (SSSR count). The first-order valence-electron chi connectivity index (χ1n) is 7.98. The maximum Gasteiger partial charge on any atom is 0.270 e. The summed E-state index contributed by atoms with van der Waals surface area (Å²) in [5.41, 5.74) is 1.72. The number of rotatable bonds is 7. The second-order valence-electron chi connectivity index (χ2n) is 6.08. The number of nitro benzene ring substituents is 1. The van der Waals surface area contributed by atoms with Gasteiger partial charge in [0.25, 0.3) is 11.6 Å². The number of anilines is 1. The van der Waals surface area contributed by atoms with Crippen molar-refractivity contribution in [2.24, 2.45) is 0 Å².